The van der Waals surface area contributed by atoms with Crippen molar-refractivity contribution < 1.29 is 17.9 Å². The van der Waals surface area contributed by atoms with E-state index >= 15 is 0 Å². The molecule has 0 aromatic carbocycles. The quantitative estimate of drug-likeness (QED) is 0.719. The van der Waals surface area contributed by atoms with Gasteiger partial charge in [-0.15, -0.1) is 0 Å². The fourth-order valence-electron chi connectivity index (χ4n) is 3.56. The number of hydrogen-bond acceptors (Lipinski definition) is 8. The zero-order valence-electron chi connectivity index (χ0n) is 15.4. The molecule has 4 rings (SSSR count). The lowest BCUT2D eigenvalue weighted by Gasteiger charge is -2.39. The largest absolute Gasteiger partial charge is 0.433 e. The molecule has 0 bridgehead atoms. The smallest absolute Gasteiger partial charge is 0.377 e. The zero-order chi connectivity index (χ0) is 19.7. The summed E-state index contributed by atoms with van der Waals surface area (Å²) in [4.78, 5) is 16.3. The van der Waals surface area contributed by atoms with Gasteiger partial charge in [-0.1, -0.05) is 0 Å². The number of piperidine rings is 1. The van der Waals surface area contributed by atoms with Crippen LogP contribution in [0, 0.1) is 0 Å². The number of alkyl halides is 3. The first-order valence-electron chi connectivity index (χ1n) is 9.19. The van der Waals surface area contributed by atoms with Crippen LogP contribution in [0.3, 0.4) is 0 Å². The Labute approximate surface area is 164 Å². The van der Waals surface area contributed by atoms with Crippen molar-refractivity contribution in [1.29, 1.82) is 0 Å². The third-order valence-electron chi connectivity index (χ3n) is 5.01. The molecule has 0 unspecified atom stereocenters. The number of ether oxygens (including phenoxy) is 1. The Hall–Kier alpha value is -2.01. The maximum Gasteiger partial charge on any atom is 0.433 e. The molecular formula is C17H21F3N6OS. The SMILES string of the molecule is COCc1nsc(N2CCC(N(c3cc(C(F)(F)F)ncn3)C3CC3)CC2)n1. The average molecular weight is 414 g/mol. The van der Waals surface area contributed by atoms with Gasteiger partial charge in [0.15, 0.2) is 5.82 Å². The van der Waals surface area contributed by atoms with Gasteiger partial charge in [-0.25, -0.2) is 15.0 Å². The standard InChI is InChI=1S/C17H21F3N6OS/c1-27-9-14-23-16(28-24-14)25-6-4-12(5-7-25)26(11-2-3-11)15-8-13(17(18,19)20)21-10-22-15/h8,10-12H,2-7,9H2,1H3. The second-order valence-corrected chi connectivity index (χ2v) is 7.77. The highest BCUT2D eigenvalue weighted by Crippen LogP contribution is 2.37. The van der Waals surface area contributed by atoms with Crippen LogP contribution in [0.5, 0.6) is 0 Å². The molecule has 1 aliphatic heterocycles. The molecule has 3 heterocycles. The fourth-order valence-corrected chi connectivity index (χ4v) is 4.29. The van der Waals surface area contributed by atoms with Crippen LogP contribution in [-0.2, 0) is 17.5 Å². The summed E-state index contributed by atoms with van der Waals surface area (Å²) >= 11 is 1.35. The van der Waals surface area contributed by atoms with Gasteiger partial charge < -0.3 is 14.5 Å². The maximum absolute atomic E-state index is 13.0. The van der Waals surface area contributed by atoms with Crippen molar-refractivity contribution in [2.24, 2.45) is 0 Å². The van der Waals surface area contributed by atoms with Crippen LogP contribution in [-0.4, -0.2) is 51.6 Å². The third-order valence-corrected chi connectivity index (χ3v) is 5.82. The minimum Gasteiger partial charge on any atom is -0.377 e. The molecule has 7 nitrogen and oxygen atoms in total. The molecule has 0 atom stereocenters. The molecule has 2 aliphatic rings. The second-order valence-electron chi connectivity index (χ2n) is 7.04. The number of hydrogen-bond donors (Lipinski definition) is 0. The first-order chi connectivity index (χ1) is 13.5. The van der Waals surface area contributed by atoms with Gasteiger partial charge in [0, 0.05) is 49.9 Å². The summed E-state index contributed by atoms with van der Waals surface area (Å²) in [5, 5.41) is 0.866. The lowest BCUT2D eigenvalue weighted by Crippen LogP contribution is -2.46. The van der Waals surface area contributed by atoms with Crippen molar-refractivity contribution in [3.63, 3.8) is 0 Å². The summed E-state index contributed by atoms with van der Waals surface area (Å²) in [6.45, 7) is 1.96. The van der Waals surface area contributed by atoms with E-state index in [4.69, 9.17) is 4.74 Å². The summed E-state index contributed by atoms with van der Waals surface area (Å²) in [5.41, 5.74) is -0.889. The number of rotatable bonds is 6. The zero-order valence-corrected chi connectivity index (χ0v) is 16.2. The number of nitrogens with zero attached hydrogens (tertiary/aromatic N) is 6. The predicted molar refractivity (Wildman–Crippen MR) is 98.4 cm³/mol. The van der Waals surface area contributed by atoms with Crippen molar-refractivity contribution in [2.75, 3.05) is 30.0 Å². The second kappa shape index (κ2) is 7.78. The van der Waals surface area contributed by atoms with E-state index in [2.05, 4.69) is 29.1 Å². The molecule has 0 radical (unpaired) electrons. The Bertz CT molecular complexity index is 804. The van der Waals surface area contributed by atoms with Crippen LogP contribution >= 0.6 is 11.5 Å². The lowest BCUT2D eigenvalue weighted by molar-refractivity contribution is -0.141. The minimum absolute atomic E-state index is 0.158. The van der Waals surface area contributed by atoms with Gasteiger partial charge in [0.1, 0.15) is 24.4 Å². The number of methoxy groups -OCH3 is 1. The van der Waals surface area contributed by atoms with Crippen molar-refractivity contribution in [3.8, 4) is 0 Å². The molecular weight excluding hydrogens is 393 g/mol. The van der Waals surface area contributed by atoms with E-state index in [9.17, 15) is 13.2 Å². The summed E-state index contributed by atoms with van der Waals surface area (Å²) in [7, 11) is 1.61. The highest BCUT2D eigenvalue weighted by molar-refractivity contribution is 7.09. The van der Waals surface area contributed by atoms with E-state index < -0.39 is 11.9 Å². The maximum atomic E-state index is 13.0. The fraction of sp³-hybridized carbons (Fsp3) is 0.647. The number of halogens is 3. The highest BCUT2D eigenvalue weighted by Gasteiger charge is 2.39. The molecule has 0 N–H and O–H groups in total. The average Bonchev–Trinajstić information content (AvgIpc) is 3.40. The van der Waals surface area contributed by atoms with Gasteiger partial charge in [-0.05, 0) is 25.7 Å². The Balaban J connectivity index is 1.46. The Morgan fingerprint density at radius 3 is 2.54 bits per heavy atom. The van der Waals surface area contributed by atoms with Crippen LogP contribution in [0.25, 0.3) is 0 Å². The molecule has 2 aromatic rings. The molecule has 152 valence electrons. The molecule has 1 saturated carbocycles. The van der Waals surface area contributed by atoms with Gasteiger partial charge in [-0.2, -0.15) is 17.5 Å². The van der Waals surface area contributed by atoms with Gasteiger partial charge in [0.05, 0.1) is 0 Å². The van der Waals surface area contributed by atoms with E-state index in [-0.39, 0.29) is 12.1 Å². The topological polar surface area (TPSA) is 67.3 Å². The Morgan fingerprint density at radius 2 is 1.89 bits per heavy atom. The van der Waals surface area contributed by atoms with Crippen LogP contribution in [0.1, 0.15) is 37.2 Å². The van der Waals surface area contributed by atoms with Crippen molar-refractivity contribution in [2.45, 2.75) is 50.6 Å². The minimum atomic E-state index is -4.46. The van der Waals surface area contributed by atoms with Gasteiger partial charge in [-0.3, -0.25) is 0 Å². The molecule has 1 saturated heterocycles. The summed E-state index contributed by atoms with van der Waals surface area (Å²) in [5.74, 6) is 1.05. The van der Waals surface area contributed by atoms with E-state index in [1.807, 2.05) is 0 Å². The third kappa shape index (κ3) is 4.19. The number of anilines is 2. The van der Waals surface area contributed by atoms with Crippen molar-refractivity contribution in [1.82, 2.24) is 19.3 Å². The van der Waals surface area contributed by atoms with Crippen LogP contribution in [0.4, 0.5) is 24.1 Å². The van der Waals surface area contributed by atoms with Gasteiger partial charge in [0.2, 0.25) is 5.13 Å². The monoisotopic (exact) mass is 414 g/mol. The van der Waals surface area contributed by atoms with E-state index in [1.165, 1.54) is 11.5 Å². The van der Waals surface area contributed by atoms with Crippen LogP contribution < -0.4 is 9.80 Å². The predicted octanol–water partition coefficient (Wildman–Crippen LogP) is 3.13. The van der Waals surface area contributed by atoms with E-state index in [0.29, 0.717) is 18.2 Å². The first-order valence-corrected chi connectivity index (χ1v) is 9.97. The Kier molecular flexibility index (Phi) is 5.37. The van der Waals surface area contributed by atoms with Gasteiger partial charge >= 0.3 is 6.18 Å². The summed E-state index contributed by atoms with van der Waals surface area (Å²) in [6, 6.07) is 1.50. The molecule has 11 heteroatoms. The normalized spacial score (nSPS) is 18.5. The molecule has 0 spiro atoms. The molecule has 1 aliphatic carbocycles. The molecule has 2 fully saturated rings. The van der Waals surface area contributed by atoms with Crippen LogP contribution in [0.2, 0.25) is 0 Å². The van der Waals surface area contributed by atoms with Crippen LogP contribution in [0.15, 0.2) is 12.4 Å². The molecule has 0 amide bonds. The summed E-state index contributed by atoms with van der Waals surface area (Å²) < 4.78 is 48.5. The van der Waals surface area contributed by atoms with Gasteiger partial charge in [0.25, 0.3) is 0 Å². The number of aromatic nitrogens is 4. The van der Waals surface area contributed by atoms with E-state index in [0.717, 1.165) is 56.3 Å². The first kappa shape index (κ1) is 19.3. The van der Waals surface area contributed by atoms with Crippen molar-refractivity contribution >= 4 is 22.5 Å². The lowest BCUT2D eigenvalue weighted by atomic mass is 10.0. The van der Waals surface area contributed by atoms with Crippen molar-refractivity contribution in [3.05, 3.63) is 23.9 Å². The van der Waals surface area contributed by atoms with E-state index in [1.54, 1.807) is 7.11 Å². The molecule has 28 heavy (non-hydrogen) atoms. The highest BCUT2D eigenvalue weighted by atomic mass is 32.1. The molecule has 2 aromatic heterocycles. The Morgan fingerprint density at radius 1 is 1.18 bits per heavy atom. The summed E-state index contributed by atoms with van der Waals surface area (Å²) in [6.07, 6.45) is 0.196.